The third kappa shape index (κ3) is 2.54. The van der Waals surface area contributed by atoms with Crippen molar-refractivity contribution < 1.29 is 4.74 Å². The number of halogens is 2. The normalized spacial score (nSPS) is 17.3. The molecule has 0 radical (unpaired) electrons. The van der Waals surface area contributed by atoms with E-state index in [1.54, 1.807) is 0 Å². The molecule has 0 amide bonds. The first kappa shape index (κ1) is 10.6. The second kappa shape index (κ2) is 4.71. The molecule has 76 valence electrons. The highest BCUT2D eigenvalue weighted by molar-refractivity contribution is 14.1. The molecule has 0 spiro atoms. The summed E-state index contributed by atoms with van der Waals surface area (Å²) >= 11 is 8.20. The zero-order valence-electron chi connectivity index (χ0n) is 7.80. The Morgan fingerprint density at radius 3 is 2.71 bits per heavy atom. The van der Waals surface area contributed by atoms with Crippen LogP contribution in [0.15, 0.2) is 18.2 Å². The van der Waals surface area contributed by atoms with Gasteiger partial charge in [-0.2, -0.15) is 0 Å². The van der Waals surface area contributed by atoms with E-state index in [1.807, 2.05) is 18.2 Å². The molecule has 3 heteroatoms. The van der Waals surface area contributed by atoms with Crippen LogP contribution in [-0.2, 0) is 0 Å². The standard InChI is InChI=1S/C11H12ClIO/c12-8-5-6-10(13)11(7-8)14-9-3-1-2-4-9/h5-7,9H,1-4H2. The molecule has 1 aromatic carbocycles. The second-order valence-corrected chi connectivity index (χ2v) is 5.20. The van der Waals surface area contributed by atoms with Gasteiger partial charge in [0.1, 0.15) is 5.75 Å². The summed E-state index contributed by atoms with van der Waals surface area (Å²) in [5.41, 5.74) is 0. The van der Waals surface area contributed by atoms with Crippen molar-refractivity contribution in [1.29, 1.82) is 0 Å². The maximum absolute atomic E-state index is 5.92. The maximum atomic E-state index is 5.92. The average Bonchev–Trinajstić information content (AvgIpc) is 2.64. The monoisotopic (exact) mass is 322 g/mol. The van der Waals surface area contributed by atoms with Crippen LogP contribution >= 0.6 is 34.2 Å². The van der Waals surface area contributed by atoms with Crippen molar-refractivity contribution in [2.24, 2.45) is 0 Å². The molecule has 1 nitrogen and oxygen atoms in total. The van der Waals surface area contributed by atoms with Gasteiger partial charge in [-0.15, -0.1) is 0 Å². The molecule has 0 saturated heterocycles. The third-order valence-electron chi connectivity index (χ3n) is 2.49. The summed E-state index contributed by atoms with van der Waals surface area (Å²) in [6.45, 7) is 0. The lowest BCUT2D eigenvalue weighted by Gasteiger charge is -2.14. The molecule has 2 rings (SSSR count). The molecular weight excluding hydrogens is 310 g/mol. The zero-order valence-corrected chi connectivity index (χ0v) is 10.7. The quantitative estimate of drug-likeness (QED) is 0.739. The molecule has 0 N–H and O–H groups in total. The van der Waals surface area contributed by atoms with E-state index in [4.69, 9.17) is 16.3 Å². The topological polar surface area (TPSA) is 9.23 Å². The molecule has 1 aromatic rings. The van der Waals surface area contributed by atoms with E-state index < -0.39 is 0 Å². The average molecular weight is 323 g/mol. The van der Waals surface area contributed by atoms with Crippen LogP contribution in [-0.4, -0.2) is 6.10 Å². The van der Waals surface area contributed by atoms with E-state index in [2.05, 4.69) is 22.6 Å². The van der Waals surface area contributed by atoms with Gasteiger partial charge in [-0.05, 0) is 66.5 Å². The highest BCUT2D eigenvalue weighted by Gasteiger charge is 2.17. The van der Waals surface area contributed by atoms with Gasteiger partial charge in [-0.1, -0.05) is 11.6 Å². The summed E-state index contributed by atoms with van der Waals surface area (Å²) in [6, 6.07) is 5.79. The van der Waals surface area contributed by atoms with E-state index in [-0.39, 0.29) is 0 Å². The van der Waals surface area contributed by atoms with Crippen LogP contribution in [0.1, 0.15) is 25.7 Å². The number of rotatable bonds is 2. The van der Waals surface area contributed by atoms with Crippen LogP contribution in [0.5, 0.6) is 5.75 Å². The minimum atomic E-state index is 0.405. The fraction of sp³-hybridized carbons (Fsp3) is 0.455. The Morgan fingerprint density at radius 1 is 1.29 bits per heavy atom. The van der Waals surface area contributed by atoms with Crippen molar-refractivity contribution in [3.63, 3.8) is 0 Å². The van der Waals surface area contributed by atoms with Gasteiger partial charge >= 0.3 is 0 Å². The predicted molar refractivity (Wildman–Crippen MR) is 67.1 cm³/mol. The van der Waals surface area contributed by atoms with Crippen LogP contribution in [0.3, 0.4) is 0 Å². The van der Waals surface area contributed by atoms with E-state index in [9.17, 15) is 0 Å². The fourth-order valence-electron chi connectivity index (χ4n) is 1.75. The summed E-state index contributed by atoms with van der Waals surface area (Å²) in [5, 5.41) is 0.749. The molecule has 0 bridgehead atoms. The van der Waals surface area contributed by atoms with Crippen molar-refractivity contribution in [2.45, 2.75) is 31.8 Å². The fourth-order valence-corrected chi connectivity index (χ4v) is 2.38. The Morgan fingerprint density at radius 2 is 2.00 bits per heavy atom. The summed E-state index contributed by atoms with van der Waals surface area (Å²) in [5.74, 6) is 0.935. The molecule has 1 aliphatic rings. The number of hydrogen-bond acceptors (Lipinski definition) is 1. The van der Waals surface area contributed by atoms with Gasteiger partial charge in [0.25, 0.3) is 0 Å². The largest absolute Gasteiger partial charge is 0.489 e. The van der Waals surface area contributed by atoms with Gasteiger partial charge in [-0.3, -0.25) is 0 Å². The smallest absolute Gasteiger partial charge is 0.134 e. The van der Waals surface area contributed by atoms with E-state index in [1.165, 1.54) is 25.7 Å². The van der Waals surface area contributed by atoms with Crippen molar-refractivity contribution in [3.05, 3.63) is 26.8 Å². The van der Waals surface area contributed by atoms with Gasteiger partial charge < -0.3 is 4.74 Å². The Bertz CT molecular complexity index is 321. The summed E-state index contributed by atoms with van der Waals surface area (Å²) in [7, 11) is 0. The van der Waals surface area contributed by atoms with Gasteiger partial charge in [0.15, 0.2) is 0 Å². The molecule has 0 aliphatic heterocycles. The maximum Gasteiger partial charge on any atom is 0.134 e. The molecule has 1 fully saturated rings. The SMILES string of the molecule is Clc1ccc(I)c(OC2CCCC2)c1. The highest BCUT2D eigenvalue weighted by atomic mass is 127. The molecule has 0 heterocycles. The third-order valence-corrected chi connectivity index (χ3v) is 3.62. The first-order chi connectivity index (χ1) is 6.75. The first-order valence-electron chi connectivity index (χ1n) is 4.87. The highest BCUT2D eigenvalue weighted by Crippen LogP contribution is 2.29. The Labute approximate surface area is 103 Å². The number of hydrogen-bond donors (Lipinski definition) is 0. The van der Waals surface area contributed by atoms with E-state index in [0.717, 1.165) is 14.3 Å². The Hall–Kier alpha value is 0.0400. The molecule has 1 saturated carbocycles. The zero-order chi connectivity index (χ0) is 9.97. The molecule has 0 unspecified atom stereocenters. The van der Waals surface area contributed by atoms with Gasteiger partial charge in [0.05, 0.1) is 9.67 Å². The van der Waals surface area contributed by atoms with Crippen LogP contribution in [0, 0.1) is 3.57 Å². The van der Waals surface area contributed by atoms with E-state index in [0.29, 0.717) is 6.10 Å². The number of benzene rings is 1. The molecule has 0 atom stereocenters. The summed E-state index contributed by atoms with van der Waals surface area (Å²) in [4.78, 5) is 0. The van der Waals surface area contributed by atoms with Crippen LogP contribution in [0.25, 0.3) is 0 Å². The lowest BCUT2D eigenvalue weighted by molar-refractivity contribution is 0.208. The Kier molecular flexibility index (Phi) is 3.55. The van der Waals surface area contributed by atoms with Crippen molar-refractivity contribution in [1.82, 2.24) is 0 Å². The second-order valence-electron chi connectivity index (χ2n) is 3.60. The van der Waals surface area contributed by atoms with Gasteiger partial charge in [0, 0.05) is 5.02 Å². The van der Waals surface area contributed by atoms with Crippen molar-refractivity contribution in [2.75, 3.05) is 0 Å². The minimum Gasteiger partial charge on any atom is -0.489 e. The molecule has 14 heavy (non-hydrogen) atoms. The van der Waals surface area contributed by atoms with Crippen LogP contribution < -0.4 is 4.74 Å². The van der Waals surface area contributed by atoms with Crippen molar-refractivity contribution in [3.8, 4) is 5.75 Å². The summed E-state index contributed by atoms with van der Waals surface area (Å²) < 4.78 is 7.03. The lowest BCUT2D eigenvalue weighted by Crippen LogP contribution is -2.11. The van der Waals surface area contributed by atoms with E-state index >= 15 is 0 Å². The van der Waals surface area contributed by atoms with Gasteiger partial charge in [-0.25, -0.2) is 0 Å². The van der Waals surface area contributed by atoms with Crippen molar-refractivity contribution >= 4 is 34.2 Å². The van der Waals surface area contributed by atoms with Crippen LogP contribution in [0.4, 0.5) is 0 Å². The molecule has 0 aromatic heterocycles. The number of ether oxygens (including phenoxy) is 1. The Balaban J connectivity index is 2.10. The predicted octanol–water partition coefficient (Wildman–Crippen LogP) is 4.27. The summed E-state index contributed by atoms with van der Waals surface area (Å²) in [6.07, 6.45) is 5.36. The first-order valence-corrected chi connectivity index (χ1v) is 6.33. The lowest BCUT2D eigenvalue weighted by atomic mass is 10.3. The molecule has 1 aliphatic carbocycles. The minimum absolute atomic E-state index is 0.405. The van der Waals surface area contributed by atoms with Gasteiger partial charge in [0.2, 0.25) is 0 Å². The molecular formula is C11H12ClIO. The van der Waals surface area contributed by atoms with Crippen LogP contribution in [0.2, 0.25) is 5.02 Å².